The maximum Gasteiger partial charge on any atom is 0.227 e. The Hall–Kier alpha value is -2.81. The van der Waals surface area contributed by atoms with Gasteiger partial charge in [-0.25, -0.2) is 9.97 Å². The number of benzene rings is 2. The second kappa shape index (κ2) is 10.2. The predicted octanol–water partition coefficient (Wildman–Crippen LogP) is 3.81. The third-order valence-electron chi connectivity index (χ3n) is 5.52. The molecule has 0 amide bonds. The van der Waals surface area contributed by atoms with Crippen molar-refractivity contribution in [1.82, 2.24) is 14.9 Å². The van der Waals surface area contributed by atoms with E-state index in [9.17, 15) is 0 Å². The van der Waals surface area contributed by atoms with Crippen LogP contribution in [0.15, 0.2) is 48.8 Å². The Balaban J connectivity index is 1.49. The maximum atomic E-state index is 6.21. The van der Waals surface area contributed by atoms with E-state index in [0.717, 1.165) is 54.4 Å². The lowest BCUT2D eigenvalue weighted by Crippen LogP contribution is -2.44. The highest BCUT2D eigenvalue weighted by molar-refractivity contribution is 6.33. The van der Waals surface area contributed by atoms with Gasteiger partial charge in [-0.15, -0.1) is 0 Å². The van der Waals surface area contributed by atoms with Crippen molar-refractivity contribution >= 4 is 38.7 Å². The molecule has 1 N–H and O–H groups in total. The fourth-order valence-corrected chi connectivity index (χ4v) is 4.47. The van der Waals surface area contributed by atoms with E-state index in [-0.39, 0.29) is 0 Å². The number of halogens is 1. The Morgan fingerprint density at radius 2 is 1.72 bits per heavy atom. The second-order valence-electron chi connectivity index (χ2n) is 7.67. The molecule has 1 aliphatic rings. The van der Waals surface area contributed by atoms with Gasteiger partial charge in [0.15, 0.2) is 0 Å². The van der Waals surface area contributed by atoms with Gasteiger partial charge in [0.2, 0.25) is 15.7 Å². The van der Waals surface area contributed by atoms with E-state index in [1.165, 1.54) is 0 Å². The molecule has 0 saturated carbocycles. The van der Waals surface area contributed by atoms with E-state index >= 15 is 0 Å². The SMILES string of the molecule is COc1cc(N2CCN(C)CC2)ccc1Nc1ncc(-c2ccc(Cl)c(O[SiH2]C)c2)cn1. The summed E-state index contributed by atoms with van der Waals surface area (Å²) in [6, 6.07) is 11.9. The van der Waals surface area contributed by atoms with Crippen LogP contribution in [0.25, 0.3) is 11.1 Å². The van der Waals surface area contributed by atoms with Gasteiger partial charge in [0.25, 0.3) is 0 Å². The van der Waals surface area contributed by atoms with Gasteiger partial charge in [-0.3, -0.25) is 0 Å². The molecule has 1 aromatic heterocycles. The summed E-state index contributed by atoms with van der Waals surface area (Å²) >= 11 is 6.21. The molecule has 0 bridgehead atoms. The number of likely N-dealkylation sites (N-methyl/N-ethyl adjacent to an activating group) is 1. The van der Waals surface area contributed by atoms with Crippen LogP contribution in [0.4, 0.5) is 17.3 Å². The molecule has 1 fully saturated rings. The molecule has 1 saturated heterocycles. The van der Waals surface area contributed by atoms with Gasteiger partial charge in [-0.1, -0.05) is 17.7 Å². The number of rotatable bonds is 7. The molecule has 0 aliphatic carbocycles. The largest absolute Gasteiger partial charge is 0.549 e. The van der Waals surface area contributed by atoms with Crippen molar-refractivity contribution < 1.29 is 9.16 Å². The minimum atomic E-state index is -0.603. The minimum absolute atomic E-state index is 0.505. The lowest BCUT2D eigenvalue weighted by Gasteiger charge is -2.34. The summed E-state index contributed by atoms with van der Waals surface area (Å²) in [6.45, 7) is 6.20. The summed E-state index contributed by atoms with van der Waals surface area (Å²) in [4.78, 5) is 13.7. The van der Waals surface area contributed by atoms with Crippen LogP contribution in [0.2, 0.25) is 11.6 Å². The van der Waals surface area contributed by atoms with Crippen LogP contribution >= 0.6 is 11.6 Å². The highest BCUT2D eigenvalue weighted by Gasteiger charge is 2.16. The average Bonchev–Trinajstić information content (AvgIpc) is 2.82. The van der Waals surface area contributed by atoms with Crippen LogP contribution in [0.1, 0.15) is 0 Å². The molecule has 0 spiro atoms. The Morgan fingerprint density at radius 1 is 0.969 bits per heavy atom. The zero-order chi connectivity index (χ0) is 22.5. The highest BCUT2D eigenvalue weighted by Crippen LogP contribution is 2.33. The molecule has 1 aliphatic heterocycles. The van der Waals surface area contributed by atoms with E-state index in [1.54, 1.807) is 19.5 Å². The number of nitrogens with one attached hydrogen (secondary N) is 1. The summed E-state index contributed by atoms with van der Waals surface area (Å²) in [5.74, 6) is 1.98. The first-order valence-electron chi connectivity index (χ1n) is 10.7. The summed E-state index contributed by atoms with van der Waals surface area (Å²) in [7, 11) is 3.23. The topological polar surface area (TPSA) is 62.8 Å². The second-order valence-corrected chi connectivity index (χ2v) is 8.95. The Kier molecular flexibility index (Phi) is 7.14. The third kappa shape index (κ3) is 5.15. The standard InChI is InChI=1S/C23H28ClN5O2Si/c1-28-8-10-29(11-9-28)18-5-7-20(22(13-18)30-2)27-23-25-14-17(15-26-23)16-4-6-19(24)21(12-16)31-32-3/h4-7,12-15H,8-11,32H2,1-3H3,(H,25,26,27). The Labute approximate surface area is 196 Å². The van der Waals surface area contributed by atoms with Crippen LogP contribution in [0.5, 0.6) is 11.5 Å². The third-order valence-corrected chi connectivity index (χ3v) is 6.43. The van der Waals surface area contributed by atoms with Gasteiger partial charge >= 0.3 is 0 Å². The lowest BCUT2D eigenvalue weighted by atomic mass is 10.1. The summed E-state index contributed by atoms with van der Waals surface area (Å²) in [6.07, 6.45) is 3.58. The number of hydrogen-bond donors (Lipinski definition) is 1. The molecule has 2 aromatic carbocycles. The number of piperazine rings is 1. The quantitative estimate of drug-likeness (QED) is 0.528. The van der Waals surface area contributed by atoms with Gasteiger partial charge in [0.1, 0.15) is 11.5 Å². The van der Waals surface area contributed by atoms with E-state index in [0.29, 0.717) is 16.7 Å². The van der Waals surface area contributed by atoms with Crippen molar-refractivity contribution in [3.8, 4) is 22.6 Å². The smallest absolute Gasteiger partial charge is 0.227 e. The first kappa shape index (κ1) is 22.4. The first-order valence-corrected chi connectivity index (χ1v) is 13.1. The van der Waals surface area contributed by atoms with Crippen molar-refractivity contribution in [2.24, 2.45) is 0 Å². The first-order chi connectivity index (χ1) is 15.6. The zero-order valence-electron chi connectivity index (χ0n) is 18.6. The van der Waals surface area contributed by atoms with E-state index < -0.39 is 9.76 Å². The minimum Gasteiger partial charge on any atom is -0.549 e. The van der Waals surface area contributed by atoms with Crippen LogP contribution in [0, 0.1) is 0 Å². The fraction of sp³-hybridized carbons (Fsp3) is 0.304. The number of aromatic nitrogens is 2. The predicted molar refractivity (Wildman–Crippen MR) is 134 cm³/mol. The molecule has 9 heteroatoms. The van der Waals surface area contributed by atoms with E-state index in [2.05, 4.69) is 50.8 Å². The molecule has 0 atom stereocenters. The fourth-order valence-electron chi connectivity index (χ4n) is 3.66. The molecule has 2 heterocycles. The van der Waals surface area contributed by atoms with Crippen molar-refractivity contribution in [1.29, 1.82) is 0 Å². The zero-order valence-corrected chi connectivity index (χ0v) is 20.8. The number of methoxy groups -OCH3 is 1. The molecule has 0 radical (unpaired) electrons. The number of hydrogen-bond acceptors (Lipinski definition) is 7. The van der Waals surface area contributed by atoms with Crippen molar-refractivity contribution in [3.63, 3.8) is 0 Å². The Morgan fingerprint density at radius 3 is 2.41 bits per heavy atom. The molecule has 32 heavy (non-hydrogen) atoms. The molecule has 7 nitrogen and oxygen atoms in total. The van der Waals surface area contributed by atoms with Crippen LogP contribution in [0.3, 0.4) is 0 Å². The van der Waals surface area contributed by atoms with Gasteiger partial charge in [0, 0.05) is 55.9 Å². The van der Waals surface area contributed by atoms with Crippen molar-refractivity contribution in [2.45, 2.75) is 6.55 Å². The maximum absolute atomic E-state index is 6.21. The molecule has 3 aromatic rings. The van der Waals surface area contributed by atoms with Gasteiger partial charge in [-0.2, -0.15) is 0 Å². The van der Waals surface area contributed by atoms with Crippen LogP contribution in [-0.4, -0.2) is 65.0 Å². The van der Waals surface area contributed by atoms with Gasteiger partial charge < -0.3 is 24.3 Å². The highest BCUT2D eigenvalue weighted by atomic mass is 35.5. The number of nitrogens with zero attached hydrogens (tertiary/aromatic N) is 4. The Bertz CT molecular complexity index is 1060. The van der Waals surface area contributed by atoms with Crippen LogP contribution in [-0.2, 0) is 0 Å². The monoisotopic (exact) mass is 469 g/mol. The van der Waals surface area contributed by atoms with Crippen molar-refractivity contribution in [3.05, 3.63) is 53.8 Å². The summed E-state index contributed by atoms with van der Waals surface area (Å²) in [5, 5.41) is 3.89. The van der Waals surface area contributed by atoms with E-state index in [1.807, 2.05) is 24.3 Å². The van der Waals surface area contributed by atoms with E-state index in [4.69, 9.17) is 20.8 Å². The molecule has 168 valence electrons. The lowest BCUT2D eigenvalue weighted by molar-refractivity contribution is 0.312. The normalized spacial score (nSPS) is 14.7. The number of anilines is 3. The van der Waals surface area contributed by atoms with Gasteiger partial charge in [-0.05, 0) is 43.4 Å². The molecule has 4 rings (SSSR count). The summed E-state index contributed by atoms with van der Waals surface area (Å²) < 4.78 is 11.4. The average molecular weight is 470 g/mol. The molecule has 0 unspecified atom stereocenters. The van der Waals surface area contributed by atoms with Gasteiger partial charge in [0.05, 0.1) is 17.8 Å². The summed E-state index contributed by atoms with van der Waals surface area (Å²) in [5.41, 5.74) is 3.85. The van der Waals surface area contributed by atoms with Crippen LogP contribution < -0.4 is 19.4 Å². The molecular weight excluding hydrogens is 442 g/mol. The molecular formula is C23H28ClN5O2Si. The van der Waals surface area contributed by atoms with Crippen molar-refractivity contribution in [2.75, 3.05) is 50.6 Å². The number of ether oxygens (including phenoxy) is 1.